The molecule has 0 saturated heterocycles. The Morgan fingerprint density at radius 2 is 1.58 bits per heavy atom. The highest BCUT2D eigenvalue weighted by Crippen LogP contribution is 2.16. The lowest BCUT2D eigenvalue weighted by Gasteiger charge is -2.34. The number of nitrogens with zero attached hydrogens (tertiary/aromatic N) is 1. The van der Waals surface area contributed by atoms with Crippen molar-refractivity contribution in [2.75, 3.05) is 12.3 Å². The molecule has 242 valence electrons. The molecule has 43 heavy (non-hydrogen) atoms. The number of carboxylic acid groups (broad SMARTS) is 3. The Morgan fingerprint density at radius 3 is 2.19 bits per heavy atom. The number of amides is 2. The molecule has 3 unspecified atom stereocenters. The molecule has 13 heteroatoms. The van der Waals surface area contributed by atoms with Gasteiger partial charge < -0.3 is 36.4 Å². The van der Waals surface area contributed by atoms with E-state index in [1.807, 2.05) is 12.2 Å². The van der Waals surface area contributed by atoms with Crippen LogP contribution in [0.1, 0.15) is 71.1 Å². The average molecular weight is 626 g/mol. The van der Waals surface area contributed by atoms with Crippen molar-refractivity contribution in [1.82, 2.24) is 10.2 Å². The summed E-state index contributed by atoms with van der Waals surface area (Å²) in [5, 5.41) is 40.7. The molecule has 0 saturated carbocycles. The lowest BCUT2D eigenvalue weighted by molar-refractivity contribution is -0.148. The predicted molar refractivity (Wildman–Crippen MR) is 167 cm³/mol. The summed E-state index contributed by atoms with van der Waals surface area (Å²) in [4.78, 5) is 60.3. The van der Waals surface area contributed by atoms with Crippen molar-refractivity contribution in [2.24, 2.45) is 5.73 Å². The molecule has 0 aliphatic carbocycles. The number of carboxylic acids is 3. The predicted octanol–water partition coefficient (Wildman–Crippen LogP) is 2.69. The smallest absolute Gasteiger partial charge is 0.323 e. The third-order valence-electron chi connectivity index (χ3n) is 6.24. The molecule has 0 rings (SSSR count). The van der Waals surface area contributed by atoms with Crippen LogP contribution in [0.5, 0.6) is 0 Å². The van der Waals surface area contributed by atoms with Crippen LogP contribution in [0.25, 0.3) is 0 Å². The first kappa shape index (κ1) is 39.6. The first-order valence-corrected chi connectivity index (χ1v) is 15.0. The Balaban J connectivity index is 5.74. The highest BCUT2D eigenvalue weighted by molar-refractivity contribution is 7.80. The molecular formula is C30H47N3O9S. The van der Waals surface area contributed by atoms with Crippen LogP contribution in [0.2, 0.25) is 0 Å². The Kier molecular flexibility index (Phi) is 22.2. The number of allylic oxidation sites excluding steroid dienone is 7. The van der Waals surface area contributed by atoms with E-state index in [0.29, 0.717) is 0 Å². The number of hydrogen-bond acceptors (Lipinski definition) is 8. The van der Waals surface area contributed by atoms with E-state index >= 15 is 0 Å². The highest BCUT2D eigenvalue weighted by Gasteiger charge is 2.34. The number of aliphatic hydroxyl groups excluding tert-OH is 1. The molecule has 7 N–H and O–H groups in total. The van der Waals surface area contributed by atoms with Gasteiger partial charge in [0, 0.05) is 18.6 Å². The quantitative estimate of drug-likeness (QED) is 0.0361. The Morgan fingerprint density at radius 1 is 0.884 bits per heavy atom. The maximum atomic E-state index is 13.4. The van der Waals surface area contributed by atoms with Gasteiger partial charge in [0.2, 0.25) is 11.8 Å². The fraction of sp³-hybridized carbons (Fsp3) is 0.567. The molecule has 0 aromatic rings. The van der Waals surface area contributed by atoms with E-state index in [4.69, 9.17) is 15.9 Å². The number of aliphatic hydroxyl groups is 1. The Labute approximate surface area is 258 Å². The summed E-state index contributed by atoms with van der Waals surface area (Å²) in [5.74, 6) is -5.46. The average Bonchev–Trinajstić information content (AvgIpc) is 2.95. The molecular weight excluding hydrogens is 578 g/mol. The van der Waals surface area contributed by atoms with E-state index in [9.17, 15) is 34.2 Å². The summed E-state index contributed by atoms with van der Waals surface area (Å²) in [6, 6.07) is -3.73. The normalized spacial score (nSPS) is 14.7. The highest BCUT2D eigenvalue weighted by atomic mass is 32.1. The fourth-order valence-electron chi connectivity index (χ4n) is 3.88. The van der Waals surface area contributed by atoms with Crippen LogP contribution in [0, 0.1) is 0 Å². The van der Waals surface area contributed by atoms with Crippen molar-refractivity contribution >= 4 is 42.4 Å². The molecule has 0 spiro atoms. The summed E-state index contributed by atoms with van der Waals surface area (Å²) in [6.07, 6.45) is 17.7. The first-order valence-electron chi connectivity index (χ1n) is 14.4. The Bertz CT molecular complexity index is 997. The van der Waals surface area contributed by atoms with Crippen LogP contribution < -0.4 is 11.1 Å². The maximum Gasteiger partial charge on any atom is 0.323 e. The van der Waals surface area contributed by atoms with Crippen LogP contribution in [0.4, 0.5) is 0 Å². The zero-order valence-corrected chi connectivity index (χ0v) is 25.6. The topological polar surface area (TPSA) is 208 Å². The number of carbonyl (C=O) groups excluding carboxylic acids is 2. The molecule has 0 aliphatic heterocycles. The molecule has 2 amide bonds. The zero-order valence-electron chi connectivity index (χ0n) is 24.7. The molecule has 0 heterocycles. The second-order valence-electron chi connectivity index (χ2n) is 9.89. The third kappa shape index (κ3) is 19.4. The van der Waals surface area contributed by atoms with E-state index < -0.39 is 60.5 Å². The number of carbonyl (C=O) groups is 5. The molecule has 0 bridgehead atoms. The minimum absolute atomic E-state index is 0.0378. The minimum Gasteiger partial charge on any atom is -0.481 e. The summed E-state index contributed by atoms with van der Waals surface area (Å²) in [7, 11) is 0. The number of aliphatic carboxylic acids is 3. The van der Waals surface area contributed by atoms with Gasteiger partial charge in [-0.2, -0.15) is 12.6 Å². The number of rotatable bonds is 24. The Hall–Kier alpha value is -3.42. The minimum atomic E-state index is -1.37. The fourth-order valence-corrected chi connectivity index (χ4v) is 4.13. The second kappa shape index (κ2) is 24.1. The van der Waals surface area contributed by atoms with Gasteiger partial charge in [-0.25, -0.2) is 0 Å². The summed E-state index contributed by atoms with van der Waals surface area (Å²) >= 11 is 4.11. The number of hydrogen-bond donors (Lipinski definition) is 7. The molecule has 0 aromatic carbocycles. The van der Waals surface area contributed by atoms with Gasteiger partial charge in [-0.05, 0) is 38.5 Å². The van der Waals surface area contributed by atoms with Gasteiger partial charge in [-0.3, -0.25) is 24.0 Å². The molecule has 0 aliphatic rings. The van der Waals surface area contributed by atoms with Gasteiger partial charge in [0.05, 0.1) is 12.1 Å². The number of nitrogens with one attached hydrogen (secondary N) is 1. The lowest BCUT2D eigenvalue weighted by atomic mass is 10.0. The van der Waals surface area contributed by atoms with E-state index in [1.54, 1.807) is 18.2 Å². The largest absolute Gasteiger partial charge is 0.481 e. The van der Waals surface area contributed by atoms with Crippen molar-refractivity contribution in [1.29, 1.82) is 0 Å². The second-order valence-corrected chi connectivity index (χ2v) is 10.3. The van der Waals surface area contributed by atoms with Crippen molar-refractivity contribution in [2.45, 2.75) is 95.4 Å². The van der Waals surface area contributed by atoms with E-state index in [0.717, 1.165) is 24.2 Å². The van der Waals surface area contributed by atoms with Gasteiger partial charge in [0.1, 0.15) is 18.6 Å². The SMILES string of the molecule is CCCCCC=CCC=CC=CC=CC([C@@H](O)CCCC(=O)O)N(CC(=O)O)C(=O)C(CS)NC(=O)CCC(N)C(=O)O. The van der Waals surface area contributed by atoms with Gasteiger partial charge in [0.25, 0.3) is 0 Å². The molecule has 4 atom stereocenters. The molecule has 12 nitrogen and oxygen atoms in total. The van der Waals surface area contributed by atoms with Gasteiger partial charge in [0.15, 0.2) is 0 Å². The van der Waals surface area contributed by atoms with Crippen molar-refractivity contribution in [3.05, 3.63) is 48.6 Å². The van der Waals surface area contributed by atoms with Gasteiger partial charge in [-0.1, -0.05) is 68.4 Å². The number of thiol groups is 1. The van der Waals surface area contributed by atoms with Crippen LogP contribution in [-0.2, 0) is 24.0 Å². The molecule has 0 fully saturated rings. The van der Waals surface area contributed by atoms with Gasteiger partial charge >= 0.3 is 17.9 Å². The summed E-state index contributed by atoms with van der Waals surface area (Å²) in [6.45, 7) is 1.34. The third-order valence-corrected chi connectivity index (χ3v) is 6.60. The maximum absolute atomic E-state index is 13.4. The lowest BCUT2D eigenvalue weighted by Crippen LogP contribution is -2.56. The van der Waals surface area contributed by atoms with Crippen molar-refractivity contribution in [3.8, 4) is 0 Å². The summed E-state index contributed by atoms with van der Waals surface area (Å²) in [5.41, 5.74) is 5.42. The standard InChI is InChI=1S/C30H47N3O9S/c1-2-3-4-5-6-7-8-9-10-11-12-13-15-24(25(34)16-14-17-27(36)37)33(20-28(38)39)29(40)23(21-43)32-26(35)19-18-22(31)30(41)42/h6-7,9-13,15,22-25,34,43H,2-5,8,14,16-21,31H2,1H3,(H,32,35)(H,36,37)(H,38,39)(H,41,42)/t22?,23?,24?,25-/m0/s1. The van der Waals surface area contributed by atoms with Crippen LogP contribution in [-0.4, -0.2) is 91.6 Å². The monoisotopic (exact) mass is 625 g/mol. The number of unbranched alkanes of at least 4 members (excludes halogenated alkanes) is 3. The van der Waals surface area contributed by atoms with E-state index in [1.165, 1.54) is 18.9 Å². The summed E-state index contributed by atoms with van der Waals surface area (Å²) < 4.78 is 0. The van der Waals surface area contributed by atoms with Gasteiger partial charge in [-0.15, -0.1) is 0 Å². The van der Waals surface area contributed by atoms with Crippen LogP contribution >= 0.6 is 12.6 Å². The van der Waals surface area contributed by atoms with Crippen LogP contribution in [0.3, 0.4) is 0 Å². The zero-order chi connectivity index (χ0) is 32.6. The van der Waals surface area contributed by atoms with Crippen molar-refractivity contribution in [3.63, 3.8) is 0 Å². The number of nitrogens with two attached hydrogens (primary N) is 1. The molecule has 0 aromatic heterocycles. The van der Waals surface area contributed by atoms with E-state index in [2.05, 4.69) is 37.0 Å². The van der Waals surface area contributed by atoms with Crippen molar-refractivity contribution < 1.29 is 44.4 Å². The first-order chi connectivity index (χ1) is 20.4. The molecule has 0 radical (unpaired) electrons. The van der Waals surface area contributed by atoms with Crippen LogP contribution in [0.15, 0.2) is 48.6 Å². The van der Waals surface area contributed by atoms with E-state index in [-0.39, 0.29) is 37.9 Å².